The average Bonchev–Trinajstić information content (AvgIpc) is 3.34. The van der Waals surface area contributed by atoms with Crippen LogP contribution < -0.4 is 4.72 Å². The molecule has 5 fully saturated rings. The highest BCUT2D eigenvalue weighted by Gasteiger charge is 2.71. The highest BCUT2D eigenvalue weighted by Crippen LogP contribution is 2.67. The standard InChI is InChI=1S/C43H56N4O6S/c1-6-45-21-41-23-46(24-42(41,22-45)26-53-25-41)40(49)43-17-18-47-34-19-30(39(48)44-54(50,51)27(2)3)15-16-31(34)37(29-11-8-7-9-12-29)38(47)32-13-10-14-35(52-5)28(4)36(32)33(43)20-43/h10,14-16,19,27-29,33,36H,6-9,11-12,17-18,20-26H2,1-5H3,(H,44,48). The van der Waals surface area contributed by atoms with Crippen LogP contribution >= 0.6 is 0 Å². The number of carbonyl (C=O) groups is 2. The molecule has 9 rings (SSSR count). The van der Waals surface area contributed by atoms with Gasteiger partial charge in [0.2, 0.25) is 15.9 Å². The highest BCUT2D eigenvalue weighted by molar-refractivity contribution is 7.90. The van der Waals surface area contributed by atoms with Gasteiger partial charge in [0.25, 0.3) is 5.91 Å². The van der Waals surface area contributed by atoms with Gasteiger partial charge >= 0.3 is 0 Å². The molecule has 7 aliphatic rings. The molecule has 0 bridgehead atoms. The number of ether oxygens (including phenoxy) is 2. The molecule has 54 heavy (non-hydrogen) atoms. The number of sulfonamides is 1. The van der Waals surface area contributed by atoms with Crippen LogP contribution in [0.3, 0.4) is 0 Å². The number of aromatic nitrogens is 1. The Hall–Kier alpha value is -3.37. The lowest BCUT2D eigenvalue weighted by molar-refractivity contribution is -0.138. The number of carbonyl (C=O) groups excluding carboxylic acids is 2. The zero-order valence-corrected chi connectivity index (χ0v) is 33.4. The number of rotatable bonds is 7. The van der Waals surface area contributed by atoms with Gasteiger partial charge in [0.05, 0.1) is 42.4 Å². The minimum Gasteiger partial charge on any atom is -0.501 e. The Morgan fingerprint density at radius 1 is 1.07 bits per heavy atom. The van der Waals surface area contributed by atoms with Crippen molar-refractivity contribution >= 4 is 38.3 Å². The van der Waals surface area contributed by atoms with Crippen molar-refractivity contribution in [3.8, 4) is 0 Å². The van der Waals surface area contributed by atoms with Crippen molar-refractivity contribution < 1.29 is 27.5 Å². The first-order chi connectivity index (χ1) is 25.9. The fraction of sp³-hybridized carbons (Fsp3) is 0.651. The summed E-state index contributed by atoms with van der Waals surface area (Å²) in [6.07, 6.45) is 11.4. The van der Waals surface area contributed by atoms with Gasteiger partial charge in [0.1, 0.15) is 0 Å². The molecule has 0 spiro atoms. The van der Waals surface area contributed by atoms with E-state index >= 15 is 4.79 Å². The summed E-state index contributed by atoms with van der Waals surface area (Å²) in [7, 11) is -2.07. The van der Waals surface area contributed by atoms with Crippen molar-refractivity contribution in [1.82, 2.24) is 19.1 Å². The monoisotopic (exact) mass is 756 g/mol. The molecular formula is C43H56N4O6S. The summed E-state index contributed by atoms with van der Waals surface area (Å²) >= 11 is 0. The molecule has 2 saturated carbocycles. The SMILES string of the molecule is CCN1CC23COCC2(C1)CN(C(=O)C12CCn4c(c(C5CCCCC5)c5ccc(C(=O)NS(=O)(=O)C(C)C)cc54)C4=C=CC=C(OC)C(C)C4C1C2)C3. The quantitative estimate of drug-likeness (QED) is 0.341. The molecule has 1 N–H and O–H groups in total. The molecule has 290 valence electrons. The van der Waals surface area contributed by atoms with Gasteiger partial charge in [-0.05, 0) is 87.8 Å². The predicted molar refractivity (Wildman–Crippen MR) is 208 cm³/mol. The Morgan fingerprint density at radius 2 is 1.80 bits per heavy atom. The van der Waals surface area contributed by atoms with Crippen molar-refractivity contribution in [3.05, 3.63) is 58.7 Å². The fourth-order valence-electron chi connectivity index (χ4n) is 11.9. The maximum absolute atomic E-state index is 15.3. The molecule has 4 aliphatic heterocycles. The molecule has 3 aliphatic carbocycles. The molecular weight excluding hydrogens is 701 g/mol. The Labute approximate surface area is 320 Å². The second kappa shape index (κ2) is 12.8. The first kappa shape index (κ1) is 36.3. The van der Waals surface area contributed by atoms with E-state index in [0.29, 0.717) is 30.4 Å². The van der Waals surface area contributed by atoms with Gasteiger partial charge in [-0.3, -0.25) is 9.59 Å². The molecule has 2 aromatic rings. The molecule has 1 aromatic heterocycles. The van der Waals surface area contributed by atoms with Crippen molar-refractivity contribution in [1.29, 1.82) is 0 Å². The number of benzene rings is 1. The van der Waals surface area contributed by atoms with E-state index < -0.39 is 26.6 Å². The van der Waals surface area contributed by atoms with Crippen LogP contribution in [-0.2, 0) is 30.8 Å². The van der Waals surface area contributed by atoms with Crippen LogP contribution in [0.5, 0.6) is 0 Å². The first-order valence-electron chi connectivity index (χ1n) is 20.4. The smallest absolute Gasteiger partial charge is 0.264 e. The maximum atomic E-state index is 15.3. The lowest BCUT2D eigenvalue weighted by Crippen LogP contribution is -2.43. The summed E-state index contributed by atoms with van der Waals surface area (Å²) in [6.45, 7) is 14.2. The van der Waals surface area contributed by atoms with Crippen LogP contribution in [0.1, 0.15) is 100 Å². The second-order valence-corrected chi connectivity index (χ2v) is 20.3. The molecule has 5 heterocycles. The predicted octanol–water partition coefficient (Wildman–Crippen LogP) is 6.08. The highest BCUT2D eigenvalue weighted by atomic mass is 32.2. The zero-order valence-electron chi connectivity index (χ0n) is 32.6. The number of nitrogens with zero attached hydrogens (tertiary/aromatic N) is 3. The van der Waals surface area contributed by atoms with E-state index in [4.69, 9.17) is 9.47 Å². The molecule has 2 amide bonds. The van der Waals surface area contributed by atoms with Crippen LogP contribution in [0.15, 0.2) is 41.8 Å². The zero-order chi connectivity index (χ0) is 37.8. The Bertz CT molecular complexity index is 2100. The van der Waals surface area contributed by atoms with Gasteiger partial charge in [0.15, 0.2) is 0 Å². The van der Waals surface area contributed by atoms with Crippen LogP contribution in [0, 0.1) is 34.0 Å². The number of amides is 2. The number of aryl methyl sites for hydroxylation is 1. The number of hydrogen-bond donors (Lipinski definition) is 1. The van der Waals surface area contributed by atoms with Gasteiger partial charge in [-0.25, -0.2) is 13.1 Å². The lowest BCUT2D eigenvalue weighted by Gasteiger charge is -2.35. The third kappa shape index (κ3) is 5.27. The summed E-state index contributed by atoms with van der Waals surface area (Å²) in [5.41, 5.74) is 8.13. The van der Waals surface area contributed by atoms with E-state index in [2.05, 4.69) is 38.7 Å². The lowest BCUT2D eigenvalue weighted by atomic mass is 9.71. The van der Waals surface area contributed by atoms with Gasteiger partial charge in [-0.15, -0.1) is 5.73 Å². The second-order valence-electron chi connectivity index (χ2n) is 18.1. The summed E-state index contributed by atoms with van der Waals surface area (Å²) in [5.74, 6) is 1.13. The summed E-state index contributed by atoms with van der Waals surface area (Å²) < 4.78 is 42.4. The third-order valence-electron chi connectivity index (χ3n) is 15.0. The van der Waals surface area contributed by atoms with E-state index in [-0.39, 0.29) is 28.6 Å². The number of methoxy groups -OCH3 is 1. The number of allylic oxidation sites excluding steroid dienone is 3. The number of likely N-dealkylation sites (tertiary alicyclic amines) is 2. The molecule has 11 heteroatoms. The Morgan fingerprint density at radius 3 is 2.46 bits per heavy atom. The van der Waals surface area contributed by atoms with E-state index in [9.17, 15) is 13.2 Å². The number of hydrogen-bond acceptors (Lipinski definition) is 7. The normalized spacial score (nSPS) is 33.5. The largest absolute Gasteiger partial charge is 0.501 e. The van der Waals surface area contributed by atoms with Gasteiger partial charge in [-0.2, -0.15) is 0 Å². The minimum absolute atomic E-state index is 0.00456. The van der Waals surface area contributed by atoms with Gasteiger partial charge in [-0.1, -0.05) is 39.2 Å². The number of fused-ring (bicyclic) bond motifs is 7. The molecule has 3 saturated heterocycles. The minimum atomic E-state index is -3.81. The van der Waals surface area contributed by atoms with Crippen LogP contribution in [0.4, 0.5) is 0 Å². The Kier molecular flexibility index (Phi) is 8.62. The molecule has 0 radical (unpaired) electrons. The summed E-state index contributed by atoms with van der Waals surface area (Å²) in [6, 6.07) is 5.70. The van der Waals surface area contributed by atoms with Crippen LogP contribution in [0.2, 0.25) is 0 Å². The van der Waals surface area contributed by atoms with Gasteiger partial charge in [0, 0.05) is 77.4 Å². The molecule has 1 aromatic carbocycles. The van der Waals surface area contributed by atoms with Crippen molar-refractivity contribution in [2.45, 2.75) is 90.4 Å². The van der Waals surface area contributed by atoms with E-state index in [0.717, 1.165) is 87.4 Å². The number of nitrogens with one attached hydrogen (secondary N) is 1. The van der Waals surface area contributed by atoms with E-state index in [1.165, 1.54) is 30.5 Å². The van der Waals surface area contributed by atoms with Crippen molar-refractivity contribution in [3.63, 3.8) is 0 Å². The first-order valence-corrected chi connectivity index (χ1v) is 21.9. The van der Waals surface area contributed by atoms with Crippen molar-refractivity contribution in [2.24, 2.45) is 34.0 Å². The molecule has 6 unspecified atom stereocenters. The van der Waals surface area contributed by atoms with E-state index in [1.54, 1.807) is 27.0 Å². The molecule has 6 atom stereocenters. The van der Waals surface area contributed by atoms with Crippen LogP contribution in [-0.4, -0.2) is 92.9 Å². The average molecular weight is 757 g/mol. The Balaban J connectivity index is 1.17. The van der Waals surface area contributed by atoms with E-state index in [1.807, 2.05) is 24.3 Å². The molecule has 10 nitrogen and oxygen atoms in total. The maximum Gasteiger partial charge on any atom is 0.264 e. The third-order valence-corrected chi connectivity index (χ3v) is 16.7. The fourth-order valence-corrected chi connectivity index (χ4v) is 12.5. The topological polar surface area (TPSA) is 110 Å². The summed E-state index contributed by atoms with van der Waals surface area (Å²) in [4.78, 5) is 33.6. The summed E-state index contributed by atoms with van der Waals surface area (Å²) in [5, 5.41) is 0.377. The van der Waals surface area contributed by atoms with Crippen molar-refractivity contribution in [2.75, 3.05) is 53.0 Å². The van der Waals surface area contributed by atoms with Gasteiger partial charge < -0.3 is 23.8 Å². The van der Waals surface area contributed by atoms with Crippen LogP contribution in [0.25, 0.3) is 16.5 Å².